The Kier molecular flexibility index (Phi) is 7.80. The number of halogens is 2. The van der Waals surface area contributed by atoms with Crippen LogP contribution in [0.4, 0.5) is 8.78 Å². The average molecular weight is 482 g/mol. The molecule has 0 bridgehead atoms. The lowest BCUT2D eigenvalue weighted by molar-refractivity contribution is 0.0938. The molecule has 4 aromatic rings. The molecule has 0 aliphatic carbocycles. The van der Waals surface area contributed by atoms with Crippen LogP contribution >= 0.6 is 0 Å². The van der Waals surface area contributed by atoms with Gasteiger partial charge in [0, 0.05) is 20.3 Å². The lowest BCUT2D eigenvalue weighted by atomic mass is 9.84. The van der Waals surface area contributed by atoms with Crippen LogP contribution in [0.25, 0.3) is 0 Å². The highest BCUT2D eigenvalue weighted by Crippen LogP contribution is 2.38. The van der Waals surface area contributed by atoms with E-state index in [2.05, 4.69) is 4.90 Å². The Labute approximate surface area is 203 Å². The van der Waals surface area contributed by atoms with Crippen LogP contribution in [-0.2, 0) is 23.4 Å². The van der Waals surface area contributed by atoms with Gasteiger partial charge in [0.05, 0.1) is 13.1 Å². The first-order chi connectivity index (χ1) is 16.9. The number of nitrogens with zero attached hydrogens (tertiary/aromatic N) is 1. The predicted molar refractivity (Wildman–Crippen MR) is 128 cm³/mol. The number of methoxy groups -OCH3 is 1. The van der Waals surface area contributed by atoms with Crippen molar-refractivity contribution in [3.8, 4) is 0 Å². The fourth-order valence-electron chi connectivity index (χ4n) is 4.19. The summed E-state index contributed by atoms with van der Waals surface area (Å²) in [6, 6.07) is 18.5. The molecular formula is C28H29F2NO4. The quantitative estimate of drug-likeness (QED) is 0.275. The molecule has 0 spiro atoms. The molecule has 184 valence electrons. The van der Waals surface area contributed by atoms with Crippen LogP contribution in [0.1, 0.15) is 40.6 Å². The molecule has 0 radical (unpaired) electrons. The van der Waals surface area contributed by atoms with Gasteiger partial charge in [0.2, 0.25) is 0 Å². The monoisotopic (exact) mass is 481 g/mol. The zero-order chi connectivity index (χ0) is 24.8. The molecule has 0 saturated heterocycles. The number of ether oxygens (including phenoxy) is 1. The summed E-state index contributed by atoms with van der Waals surface area (Å²) in [4.78, 5) is 2.16. The zero-order valence-corrected chi connectivity index (χ0v) is 19.8. The van der Waals surface area contributed by atoms with Crippen LogP contribution in [-0.4, -0.2) is 30.3 Å². The van der Waals surface area contributed by atoms with Gasteiger partial charge >= 0.3 is 0 Å². The molecular weight excluding hydrogens is 452 g/mol. The molecule has 0 aliphatic heterocycles. The minimum Gasteiger partial charge on any atom is -0.465 e. The second kappa shape index (κ2) is 11.0. The Morgan fingerprint density at radius 1 is 0.857 bits per heavy atom. The molecule has 0 fully saturated rings. The van der Waals surface area contributed by atoms with Gasteiger partial charge in [-0.15, -0.1) is 0 Å². The Balaban J connectivity index is 1.65. The van der Waals surface area contributed by atoms with Gasteiger partial charge in [0.25, 0.3) is 0 Å². The molecule has 35 heavy (non-hydrogen) atoms. The van der Waals surface area contributed by atoms with Gasteiger partial charge in [-0.3, -0.25) is 4.90 Å². The lowest BCUT2D eigenvalue weighted by Crippen LogP contribution is -2.29. The molecule has 0 amide bonds. The number of furan rings is 2. The van der Waals surface area contributed by atoms with Crippen molar-refractivity contribution < 1.29 is 27.5 Å². The van der Waals surface area contributed by atoms with Crippen LogP contribution < -0.4 is 0 Å². The molecule has 0 saturated carbocycles. The van der Waals surface area contributed by atoms with E-state index >= 15 is 0 Å². The van der Waals surface area contributed by atoms with E-state index in [1.54, 1.807) is 31.4 Å². The fourth-order valence-corrected chi connectivity index (χ4v) is 4.19. The molecule has 5 nitrogen and oxygen atoms in total. The van der Waals surface area contributed by atoms with Gasteiger partial charge in [0.15, 0.2) is 5.60 Å². The molecule has 4 rings (SSSR count). The molecule has 2 heterocycles. The highest BCUT2D eigenvalue weighted by molar-refractivity contribution is 5.44. The Hall–Kier alpha value is -3.26. The van der Waals surface area contributed by atoms with E-state index in [0.29, 0.717) is 25.5 Å². The van der Waals surface area contributed by atoms with E-state index in [1.807, 2.05) is 19.1 Å². The summed E-state index contributed by atoms with van der Waals surface area (Å²) >= 11 is 0. The largest absolute Gasteiger partial charge is 0.465 e. The predicted octanol–water partition coefficient (Wildman–Crippen LogP) is 5.78. The summed E-state index contributed by atoms with van der Waals surface area (Å²) in [6.45, 7) is 4.28. The van der Waals surface area contributed by atoms with Gasteiger partial charge in [-0.05, 0) is 73.0 Å². The molecule has 0 atom stereocenters. The van der Waals surface area contributed by atoms with Crippen molar-refractivity contribution in [2.24, 2.45) is 0 Å². The van der Waals surface area contributed by atoms with Gasteiger partial charge in [-0.2, -0.15) is 0 Å². The van der Waals surface area contributed by atoms with Crippen molar-refractivity contribution >= 4 is 0 Å². The smallest absolute Gasteiger partial charge is 0.173 e. The molecule has 0 aliphatic rings. The van der Waals surface area contributed by atoms with Crippen LogP contribution in [0.2, 0.25) is 0 Å². The summed E-state index contributed by atoms with van der Waals surface area (Å²) in [5.74, 6) is 1.43. The van der Waals surface area contributed by atoms with Gasteiger partial charge in [-0.1, -0.05) is 24.3 Å². The van der Waals surface area contributed by atoms with E-state index in [0.717, 1.165) is 24.5 Å². The van der Waals surface area contributed by atoms with E-state index < -0.39 is 17.2 Å². The van der Waals surface area contributed by atoms with Gasteiger partial charge < -0.3 is 18.7 Å². The first-order valence-corrected chi connectivity index (χ1v) is 11.5. The normalized spacial score (nSPS) is 11.9. The van der Waals surface area contributed by atoms with Gasteiger partial charge in [-0.25, -0.2) is 8.78 Å². The summed E-state index contributed by atoms with van der Waals surface area (Å²) in [5, 5.41) is 11.9. The summed E-state index contributed by atoms with van der Waals surface area (Å²) in [6.07, 6.45) is 0.820. The highest BCUT2D eigenvalue weighted by Gasteiger charge is 2.38. The maximum atomic E-state index is 14.1. The third-order valence-electron chi connectivity index (χ3n) is 5.88. The van der Waals surface area contributed by atoms with Crippen LogP contribution in [0, 0.1) is 18.6 Å². The van der Waals surface area contributed by atoms with Gasteiger partial charge in [0.1, 0.15) is 34.7 Å². The summed E-state index contributed by atoms with van der Waals surface area (Å²) in [7, 11) is 1.67. The van der Waals surface area contributed by atoms with Crippen LogP contribution in [0.15, 0.2) is 81.6 Å². The van der Waals surface area contributed by atoms with Crippen molar-refractivity contribution in [3.63, 3.8) is 0 Å². The maximum Gasteiger partial charge on any atom is 0.173 e. The Morgan fingerprint density at radius 3 is 2.00 bits per heavy atom. The minimum absolute atomic E-state index is 0.175. The lowest BCUT2D eigenvalue weighted by Gasteiger charge is -2.27. The SMILES string of the molecule is COCCCN(Cc1ccc(C)o1)Cc1ccc(C(O)(c2cccc(F)c2)c2cccc(F)c2)o1. The molecule has 1 N–H and O–H groups in total. The van der Waals surface area contributed by atoms with E-state index in [-0.39, 0.29) is 16.9 Å². The number of aliphatic hydroxyl groups is 1. The van der Waals surface area contributed by atoms with Crippen molar-refractivity contribution in [2.75, 3.05) is 20.3 Å². The van der Waals surface area contributed by atoms with Crippen LogP contribution in [0.3, 0.4) is 0 Å². The highest BCUT2D eigenvalue weighted by atomic mass is 19.1. The first kappa shape index (κ1) is 24.9. The molecule has 7 heteroatoms. The first-order valence-electron chi connectivity index (χ1n) is 11.5. The van der Waals surface area contributed by atoms with E-state index in [1.165, 1.54) is 36.4 Å². The number of hydrogen-bond donors (Lipinski definition) is 1. The number of benzene rings is 2. The average Bonchev–Trinajstić information content (AvgIpc) is 3.47. The van der Waals surface area contributed by atoms with E-state index in [9.17, 15) is 13.9 Å². The molecule has 2 aromatic heterocycles. The third-order valence-corrected chi connectivity index (χ3v) is 5.88. The Morgan fingerprint density at radius 2 is 1.46 bits per heavy atom. The topological polar surface area (TPSA) is 59.0 Å². The summed E-state index contributed by atoms with van der Waals surface area (Å²) < 4.78 is 45.3. The molecule has 2 aromatic carbocycles. The van der Waals surface area contributed by atoms with Crippen molar-refractivity contribution in [1.29, 1.82) is 0 Å². The zero-order valence-electron chi connectivity index (χ0n) is 19.8. The number of hydrogen-bond acceptors (Lipinski definition) is 5. The van der Waals surface area contributed by atoms with E-state index in [4.69, 9.17) is 13.6 Å². The summed E-state index contributed by atoms with van der Waals surface area (Å²) in [5.41, 5.74) is -1.39. The maximum absolute atomic E-state index is 14.1. The second-order valence-electron chi connectivity index (χ2n) is 8.57. The number of rotatable bonds is 11. The standard InChI is InChI=1S/C28H29F2NO4/c1-20-10-11-25(34-20)18-31(14-5-15-33-2)19-26-12-13-27(35-26)28(32,21-6-3-8-23(29)16-21)22-7-4-9-24(30)17-22/h3-4,6-13,16-17,32H,5,14-15,18-19H2,1-2H3. The van der Waals surface area contributed by atoms with Crippen LogP contribution in [0.5, 0.6) is 0 Å². The molecule has 0 unspecified atom stereocenters. The third kappa shape index (κ3) is 5.88. The van der Waals surface area contributed by atoms with Crippen molar-refractivity contribution in [3.05, 3.63) is 119 Å². The van der Waals surface area contributed by atoms with Crippen molar-refractivity contribution in [1.82, 2.24) is 4.90 Å². The fraction of sp³-hybridized carbons (Fsp3) is 0.286. The minimum atomic E-state index is -1.87. The number of aryl methyl sites for hydroxylation is 1. The van der Waals surface area contributed by atoms with Crippen molar-refractivity contribution in [2.45, 2.75) is 32.0 Å². The second-order valence-corrected chi connectivity index (χ2v) is 8.57. The Bertz CT molecular complexity index is 1200.